The Morgan fingerprint density at radius 1 is 0.564 bits per heavy atom. The fraction of sp³-hybridized carbons (Fsp3) is 0.114. The van der Waals surface area contributed by atoms with E-state index in [9.17, 15) is 4.79 Å². The van der Waals surface area contributed by atoms with Gasteiger partial charge >= 0.3 is 5.97 Å². The third-order valence-electron chi connectivity index (χ3n) is 6.37. The summed E-state index contributed by atoms with van der Waals surface area (Å²) in [5.41, 5.74) is 6.75. The predicted octanol–water partition coefficient (Wildman–Crippen LogP) is 9.49. The molecule has 0 spiro atoms. The zero-order chi connectivity index (χ0) is 27.2. The van der Waals surface area contributed by atoms with Crippen LogP contribution in [0.3, 0.4) is 0 Å². The Bertz CT molecular complexity index is 1510. The Hall–Kier alpha value is -4.83. The molecule has 39 heavy (non-hydrogen) atoms. The lowest BCUT2D eigenvalue weighted by atomic mass is 10.0. The zero-order valence-electron chi connectivity index (χ0n) is 22.4. The van der Waals surface area contributed by atoms with E-state index in [0.29, 0.717) is 17.2 Å². The van der Waals surface area contributed by atoms with Gasteiger partial charge in [0.15, 0.2) is 0 Å². The Balaban J connectivity index is 1.37. The van der Waals surface area contributed by atoms with Crippen molar-refractivity contribution in [1.82, 2.24) is 0 Å². The van der Waals surface area contributed by atoms with Crippen LogP contribution in [0.5, 0.6) is 17.2 Å². The van der Waals surface area contributed by atoms with E-state index in [4.69, 9.17) is 9.47 Å². The standard InChI is InChI=1S/C35H31NO3/c1-25(2)35(37)39-34-23-21-33(22-24-34)38-32-19-17-31(18-20-32)36(29-13-9-26(3)10-14-29)30-15-11-28(12-16-30)27-7-5-4-6-8-27/h4-25H,1-3H3. The van der Waals surface area contributed by atoms with E-state index in [1.165, 1.54) is 16.7 Å². The van der Waals surface area contributed by atoms with Crippen molar-refractivity contribution in [3.8, 4) is 28.4 Å². The molecule has 4 heteroatoms. The van der Waals surface area contributed by atoms with Crippen LogP contribution in [-0.2, 0) is 4.79 Å². The van der Waals surface area contributed by atoms with E-state index in [0.717, 1.165) is 17.1 Å². The lowest BCUT2D eigenvalue weighted by Crippen LogP contribution is -2.14. The molecule has 0 fully saturated rings. The highest BCUT2D eigenvalue weighted by Crippen LogP contribution is 2.37. The minimum atomic E-state index is -0.257. The van der Waals surface area contributed by atoms with Crippen LogP contribution in [0.15, 0.2) is 127 Å². The Labute approximate surface area is 230 Å². The molecule has 5 rings (SSSR count). The largest absolute Gasteiger partial charge is 0.457 e. The van der Waals surface area contributed by atoms with E-state index >= 15 is 0 Å². The number of rotatable bonds is 8. The van der Waals surface area contributed by atoms with Crippen LogP contribution in [0.4, 0.5) is 17.1 Å². The second-order valence-corrected chi connectivity index (χ2v) is 9.73. The highest BCUT2D eigenvalue weighted by atomic mass is 16.5. The first kappa shape index (κ1) is 25.8. The smallest absolute Gasteiger partial charge is 0.313 e. The van der Waals surface area contributed by atoms with Crippen molar-refractivity contribution in [1.29, 1.82) is 0 Å². The van der Waals surface area contributed by atoms with E-state index in [-0.39, 0.29) is 11.9 Å². The molecule has 0 saturated heterocycles. The third-order valence-corrected chi connectivity index (χ3v) is 6.37. The summed E-state index contributed by atoms with van der Waals surface area (Å²) in [5.74, 6) is 1.45. The maximum absolute atomic E-state index is 11.8. The van der Waals surface area contributed by atoms with Crippen LogP contribution in [0.25, 0.3) is 11.1 Å². The molecule has 0 heterocycles. The van der Waals surface area contributed by atoms with Crippen molar-refractivity contribution < 1.29 is 14.3 Å². The monoisotopic (exact) mass is 513 g/mol. The first-order valence-corrected chi connectivity index (χ1v) is 13.1. The quantitative estimate of drug-likeness (QED) is 0.153. The number of benzene rings is 5. The lowest BCUT2D eigenvalue weighted by Gasteiger charge is -2.26. The maximum Gasteiger partial charge on any atom is 0.313 e. The average molecular weight is 514 g/mol. The number of esters is 1. The fourth-order valence-electron chi connectivity index (χ4n) is 4.18. The van der Waals surface area contributed by atoms with Crippen molar-refractivity contribution in [2.75, 3.05) is 4.90 Å². The summed E-state index contributed by atoms with van der Waals surface area (Å²) in [4.78, 5) is 14.1. The number of hydrogen-bond donors (Lipinski definition) is 0. The minimum Gasteiger partial charge on any atom is -0.457 e. The number of ether oxygens (including phenoxy) is 2. The van der Waals surface area contributed by atoms with Gasteiger partial charge in [0.25, 0.3) is 0 Å². The Morgan fingerprint density at radius 2 is 1.00 bits per heavy atom. The van der Waals surface area contributed by atoms with Crippen LogP contribution in [-0.4, -0.2) is 5.97 Å². The van der Waals surface area contributed by atoms with Crippen molar-refractivity contribution in [2.45, 2.75) is 20.8 Å². The molecule has 0 aliphatic carbocycles. The van der Waals surface area contributed by atoms with Gasteiger partial charge < -0.3 is 14.4 Å². The molecule has 0 radical (unpaired) electrons. The van der Waals surface area contributed by atoms with Crippen LogP contribution >= 0.6 is 0 Å². The molecule has 0 aliphatic heterocycles. The van der Waals surface area contributed by atoms with E-state index < -0.39 is 0 Å². The van der Waals surface area contributed by atoms with Gasteiger partial charge in [-0.2, -0.15) is 0 Å². The number of carbonyl (C=O) groups is 1. The minimum absolute atomic E-state index is 0.180. The number of anilines is 3. The van der Waals surface area contributed by atoms with Crippen LogP contribution < -0.4 is 14.4 Å². The van der Waals surface area contributed by atoms with E-state index in [1.807, 2.05) is 32.0 Å². The first-order chi connectivity index (χ1) is 19.0. The van der Waals surface area contributed by atoms with Crippen LogP contribution in [0.1, 0.15) is 19.4 Å². The molecule has 5 aromatic rings. The second-order valence-electron chi connectivity index (χ2n) is 9.73. The summed E-state index contributed by atoms with van der Waals surface area (Å²) in [6.07, 6.45) is 0. The van der Waals surface area contributed by atoms with Gasteiger partial charge in [-0.1, -0.05) is 74.0 Å². The lowest BCUT2D eigenvalue weighted by molar-refractivity contribution is -0.137. The van der Waals surface area contributed by atoms with Crippen molar-refractivity contribution in [2.24, 2.45) is 5.92 Å². The molecule has 4 nitrogen and oxygen atoms in total. The Morgan fingerprint density at radius 3 is 1.54 bits per heavy atom. The molecule has 194 valence electrons. The van der Waals surface area contributed by atoms with Crippen molar-refractivity contribution >= 4 is 23.0 Å². The van der Waals surface area contributed by atoms with Gasteiger partial charge in [-0.15, -0.1) is 0 Å². The normalized spacial score (nSPS) is 10.8. The van der Waals surface area contributed by atoms with E-state index in [1.54, 1.807) is 24.3 Å². The molecule has 0 aromatic heterocycles. The van der Waals surface area contributed by atoms with Gasteiger partial charge in [0.1, 0.15) is 17.2 Å². The zero-order valence-corrected chi connectivity index (χ0v) is 22.4. The molecule has 0 aliphatic rings. The number of hydrogen-bond acceptors (Lipinski definition) is 4. The number of aryl methyl sites for hydroxylation is 1. The SMILES string of the molecule is Cc1ccc(N(c2ccc(Oc3ccc(OC(=O)C(C)C)cc3)cc2)c2ccc(-c3ccccc3)cc2)cc1. The molecule has 5 aromatic carbocycles. The fourth-order valence-corrected chi connectivity index (χ4v) is 4.18. The summed E-state index contributed by atoms with van der Waals surface area (Å²) >= 11 is 0. The highest BCUT2D eigenvalue weighted by Gasteiger charge is 2.14. The summed E-state index contributed by atoms with van der Waals surface area (Å²) in [6.45, 7) is 5.71. The third kappa shape index (κ3) is 6.36. The summed E-state index contributed by atoms with van der Waals surface area (Å²) < 4.78 is 11.4. The van der Waals surface area contributed by atoms with Gasteiger partial charge in [-0.3, -0.25) is 4.79 Å². The van der Waals surface area contributed by atoms with Gasteiger partial charge in [0.2, 0.25) is 0 Å². The number of nitrogens with zero attached hydrogens (tertiary/aromatic N) is 1. The highest BCUT2D eigenvalue weighted by molar-refractivity contribution is 5.78. The van der Waals surface area contributed by atoms with Crippen molar-refractivity contribution in [3.05, 3.63) is 133 Å². The number of carbonyl (C=O) groups excluding carboxylic acids is 1. The van der Waals surface area contributed by atoms with Gasteiger partial charge in [-0.05, 0) is 90.8 Å². The second kappa shape index (κ2) is 11.7. The van der Waals surface area contributed by atoms with Crippen molar-refractivity contribution in [3.63, 3.8) is 0 Å². The first-order valence-electron chi connectivity index (χ1n) is 13.1. The van der Waals surface area contributed by atoms with Gasteiger partial charge in [0.05, 0.1) is 5.92 Å². The maximum atomic E-state index is 11.8. The molecule has 0 amide bonds. The molecule has 0 atom stereocenters. The average Bonchev–Trinajstić information content (AvgIpc) is 2.97. The summed E-state index contributed by atoms with van der Waals surface area (Å²) in [7, 11) is 0. The molecular weight excluding hydrogens is 482 g/mol. The molecule has 0 saturated carbocycles. The van der Waals surface area contributed by atoms with E-state index in [2.05, 4.69) is 96.8 Å². The topological polar surface area (TPSA) is 38.8 Å². The Kier molecular flexibility index (Phi) is 7.74. The van der Waals surface area contributed by atoms with Gasteiger partial charge in [0, 0.05) is 17.1 Å². The predicted molar refractivity (Wildman–Crippen MR) is 158 cm³/mol. The van der Waals surface area contributed by atoms with Crippen LogP contribution in [0.2, 0.25) is 0 Å². The van der Waals surface area contributed by atoms with Gasteiger partial charge in [-0.25, -0.2) is 0 Å². The molecule has 0 unspecified atom stereocenters. The molecular formula is C35H31NO3. The summed E-state index contributed by atoms with van der Waals surface area (Å²) in [6, 6.07) is 42.6. The molecule has 0 N–H and O–H groups in total. The molecule has 0 bridgehead atoms. The van der Waals surface area contributed by atoms with Crippen LogP contribution in [0, 0.1) is 12.8 Å². The summed E-state index contributed by atoms with van der Waals surface area (Å²) in [5, 5.41) is 0.